The zero-order valence-electron chi connectivity index (χ0n) is 14.5. The van der Waals surface area contributed by atoms with Gasteiger partial charge in [-0.2, -0.15) is 4.98 Å². The lowest BCUT2D eigenvalue weighted by Gasteiger charge is -2.06. The highest BCUT2D eigenvalue weighted by molar-refractivity contribution is 5.78. The first-order chi connectivity index (χ1) is 13.6. The zero-order valence-corrected chi connectivity index (χ0v) is 14.5. The van der Waals surface area contributed by atoms with Crippen molar-refractivity contribution in [2.24, 2.45) is 0 Å². The van der Waals surface area contributed by atoms with Gasteiger partial charge in [0.05, 0.1) is 29.3 Å². The van der Waals surface area contributed by atoms with Gasteiger partial charge < -0.3 is 14.8 Å². The Labute approximate surface area is 156 Å². The van der Waals surface area contributed by atoms with E-state index in [1.807, 2.05) is 0 Å². The van der Waals surface area contributed by atoms with Crippen LogP contribution in [0.5, 0.6) is 0 Å². The smallest absolute Gasteiger partial charge is 0.261 e. The minimum Gasteiger partial charge on any atom is -0.345 e. The van der Waals surface area contributed by atoms with Crippen LogP contribution in [0.3, 0.4) is 0 Å². The summed E-state index contributed by atoms with van der Waals surface area (Å²) in [5, 5.41) is 6.77. The summed E-state index contributed by atoms with van der Waals surface area (Å²) in [6.07, 6.45) is 2.83. The van der Waals surface area contributed by atoms with Crippen molar-refractivity contribution in [3.63, 3.8) is 0 Å². The molecule has 2 N–H and O–H groups in total. The van der Waals surface area contributed by atoms with Gasteiger partial charge in [-0.05, 0) is 24.3 Å². The van der Waals surface area contributed by atoms with Gasteiger partial charge in [-0.25, -0.2) is 4.98 Å². The Morgan fingerprint density at radius 1 is 1.18 bits per heavy atom. The number of hydrogen-bond acceptors (Lipinski definition) is 7. The molecule has 0 aliphatic carbocycles. The lowest BCUT2D eigenvalue weighted by Crippen LogP contribution is -2.32. The van der Waals surface area contributed by atoms with E-state index in [1.54, 1.807) is 36.4 Å². The number of para-hydroxylation sites is 1. The second-order valence-corrected chi connectivity index (χ2v) is 5.90. The van der Waals surface area contributed by atoms with Gasteiger partial charge in [-0.3, -0.25) is 19.0 Å². The van der Waals surface area contributed by atoms with Gasteiger partial charge in [0, 0.05) is 6.20 Å². The summed E-state index contributed by atoms with van der Waals surface area (Å²) in [7, 11) is 0. The third-order valence-electron chi connectivity index (χ3n) is 4.01. The molecular formula is C18H14N6O4. The van der Waals surface area contributed by atoms with Crippen LogP contribution in [0.25, 0.3) is 22.3 Å². The number of carbonyl (C=O) groups is 1. The van der Waals surface area contributed by atoms with Crippen molar-refractivity contribution >= 4 is 16.8 Å². The summed E-state index contributed by atoms with van der Waals surface area (Å²) >= 11 is 0. The van der Waals surface area contributed by atoms with Gasteiger partial charge in [0.25, 0.3) is 11.1 Å². The number of carbonyl (C=O) groups excluding carboxylic acids is 1. The van der Waals surface area contributed by atoms with Crippen molar-refractivity contribution in [2.75, 3.05) is 0 Å². The van der Waals surface area contributed by atoms with Gasteiger partial charge >= 0.3 is 0 Å². The van der Waals surface area contributed by atoms with Crippen LogP contribution < -0.4 is 16.4 Å². The van der Waals surface area contributed by atoms with E-state index in [1.165, 1.54) is 17.1 Å². The molecule has 1 amide bonds. The van der Waals surface area contributed by atoms with Crippen LogP contribution in [0.1, 0.15) is 5.89 Å². The first-order valence-corrected chi connectivity index (χ1v) is 8.33. The molecule has 0 fully saturated rings. The molecule has 3 aromatic heterocycles. The fourth-order valence-electron chi connectivity index (χ4n) is 2.64. The minimum atomic E-state index is -0.420. The van der Waals surface area contributed by atoms with Crippen molar-refractivity contribution in [1.29, 1.82) is 0 Å². The number of H-pyrrole nitrogens is 1. The van der Waals surface area contributed by atoms with Gasteiger partial charge in [0.15, 0.2) is 0 Å². The lowest BCUT2D eigenvalue weighted by molar-refractivity contribution is -0.122. The molecule has 0 bridgehead atoms. The fourth-order valence-corrected chi connectivity index (χ4v) is 2.64. The molecule has 4 rings (SSSR count). The maximum Gasteiger partial charge on any atom is 0.261 e. The van der Waals surface area contributed by atoms with Crippen molar-refractivity contribution in [3.05, 3.63) is 75.5 Å². The van der Waals surface area contributed by atoms with E-state index in [2.05, 4.69) is 25.4 Å². The summed E-state index contributed by atoms with van der Waals surface area (Å²) < 4.78 is 6.27. The van der Waals surface area contributed by atoms with Crippen LogP contribution in [0.15, 0.2) is 63.0 Å². The van der Waals surface area contributed by atoms with Crippen LogP contribution in [0.4, 0.5) is 0 Å². The Balaban J connectivity index is 1.43. The Kier molecular flexibility index (Phi) is 4.50. The monoisotopic (exact) mass is 378 g/mol. The molecule has 0 radical (unpaired) electrons. The van der Waals surface area contributed by atoms with E-state index < -0.39 is 5.91 Å². The number of aromatic nitrogens is 5. The molecule has 0 spiro atoms. The normalized spacial score (nSPS) is 10.9. The summed E-state index contributed by atoms with van der Waals surface area (Å²) in [4.78, 5) is 47.1. The first kappa shape index (κ1) is 17.3. The third-order valence-corrected chi connectivity index (χ3v) is 4.01. The molecule has 0 aliphatic rings. The van der Waals surface area contributed by atoms with E-state index in [0.717, 1.165) is 0 Å². The highest BCUT2D eigenvalue weighted by Gasteiger charge is 2.13. The molecular weight excluding hydrogens is 364 g/mol. The Hall–Kier alpha value is -4.08. The van der Waals surface area contributed by atoms with Crippen molar-refractivity contribution in [3.8, 4) is 11.4 Å². The van der Waals surface area contributed by atoms with E-state index >= 15 is 0 Å². The molecule has 0 unspecified atom stereocenters. The molecule has 0 aliphatic heterocycles. The predicted octanol–water partition coefficient (Wildman–Crippen LogP) is 0.451. The number of pyridine rings is 1. The highest BCUT2D eigenvalue weighted by Crippen LogP contribution is 2.10. The van der Waals surface area contributed by atoms with Gasteiger partial charge in [-0.1, -0.05) is 17.3 Å². The summed E-state index contributed by atoms with van der Waals surface area (Å²) in [6, 6.07) is 10.1. The Morgan fingerprint density at radius 2 is 2.04 bits per heavy atom. The van der Waals surface area contributed by atoms with Crippen molar-refractivity contribution in [1.82, 2.24) is 30.0 Å². The molecule has 140 valence electrons. The molecule has 4 aromatic rings. The summed E-state index contributed by atoms with van der Waals surface area (Å²) in [5.41, 5.74) is 0.183. The number of nitrogens with zero attached hydrogens (tertiary/aromatic N) is 4. The number of aromatic amines is 1. The average Bonchev–Trinajstić information content (AvgIpc) is 3.18. The molecule has 0 saturated heterocycles. The topological polar surface area (TPSA) is 136 Å². The van der Waals surface area contributed by atoms with Gasteiger partial charge in [0.2, 0.25) is 17.6 Å². The quantitative estimate of drug-likeness (QED) is 0.514. The largest absolute Gasteiger partial charge is 0.345 e. The molecule has 3 heterocycles. The van der Waals surface area contributed by atoms with Crippen LogP contribution >= 0.6 is 0 Å². The van der Waals surface area contributed by atoms with E-state index in [-0.39, 0.29) is 41.5 Å². The maximum atomic E-state index is 12.4. The van der Waals surface area contributed by atoms with Crippen LogP contribution in [0, 0.1) is 0 Å². The minimum absolute atomic E-state index is 0.0354. The molecule has 1 aromatic carbocycles. The fraction of sp³-hybridized carbons (Fsp3) is 0.111. The second-order valence-electron chi connectivity index (χ2n) is 5.90. The van der Waals surface area contributed by atoms with E-state index in [0.29, 0.717) is 10.9 Å². The molecule has 10 nitrogen and oxygen atoms in total. The number of fused-ring (bicyclic) bond motifs is 1. The number of hydrogen-bond donors (Lipinski definition) is 2. The van der Waals surface area contributed by atoms with E-state index in [4.69, 9.17) is 4.52 Å². The first-order valence-electron chi connectivity index (χ1n) is 8.33. The summed E-state index contributed by atoms with van der Waals surface area (Å²) in [5.74, 6) is -0.159. The summed E-state index contributed by atoms with van der Waals surface area (Å²) in [6.45, 7) is -0.234. The standard InChI is InChI=1S/C18H14N6O4/c25-14(9-24-10-21-13-6-2-1-4-11(13)18(24)27)20-8-15-22-16(23-28-15)12-5-3-7-19-17(12)26/h1-7,10H,8-9H2,(H,19,26)(H,20,25). The molecule has 28 heavy (non-hydrogen) atoms. The van der Waals surface area contributed by atoms with Gasteiger partial charge in [0.1, 0.15) is 6.54 Å². The average molecular weight is 378 g/mol. The number of benzene rings is 1. The third kappa shape index (κ3) is 3.43. The van der Waals surface area contributed by atoms with Gasteiger partial charge in [-0.15, -0.1) is 0 Å². The lowest BCUT2D eigenvalue weighted by atomic mass is 10.2. The van der Waals surface area contributed by atoms with E-state index in [9.17, 15) is 14.4 Å². The molecule has 10 heteroatoms. The molecule has 0 saturated carbocycles. The SMILES string of the molecule is O=C(Cn1cnc2ccccc2c1=O)NCc1nc(-c2ccc[nH]c2=O)no1. The number of amides is 1. The van der Waals surface area contributed by atoms with Crippen LogP contribution in [-0.4, -0.2) is 30.6 Å². The Morgan fingerprint density at radius 3 is 2.89 bits per heavy atom. The highest BCUT2D eigenvalue weighted by atomic mass is 16.5. The van der Waals surface area contributed by atoms with Crippen LogP contribution in [0.2, 0.25) is 0 Å². The predicted molar refractivity (Wildman–Crippen MR) is 98.2 cm³/mol. The van der Waals surface area contributed by atoms with Crippen molar-refractivity contribution < 1.29 is 9.32 Å². The Bertz CT molecular complexity index is 1270. The number of nitrogens with one attached hydrogen (secondary N) is 2. The number of rotatable bonds is 5. The zero-order chi connectivity index (χ0) is 19.5. The molecule has 0 atom stereocenters. The maximum absolute atomic E-state index is 12.4. The second kappa shape index (κ2) is 7.27. The van der Waals surface area contributed by atoms with Crippen LogP contribution in [-0.2, 0) is 17.9 Å². The van der Waals surface area contributed by atoms with Crippen molar-refractivity contribution in [2.45, 2.75) is 13.1 Å².